The quantitative estimate of drug-likeness (QED) is 0.531. The molecule has 0 saturated heterocycles. The number of furan rings is 1. The number of hydrogen-bond donors (Lipinski definition) is 2. The Kier molecular flexibility index (Phi) is 5.06. The highest BCUT2D eigenvalue weighted by molar-refractivity contribution is 6.06. The largest absolute Gasteiger partial charge is 0.456 e. The number of carbonyl (C=O) groups excluding carboxylic acids is 2. The Balaban J connectivity index is 1.32. The maximum absolute atomic E-state index is 12.2. The summed E-state index contributed by atoms with van der Waals surface area (Å²) < 4.78 is 5.79. The van der Waals surface area contributed by atoms with E-state index in [0.717, 1.165) is 27.5 Å². The highest BCUT2D eigenvalue weighted by atomic mass is 16.3. The molecule has 2 N–H and O–H groups in total. The minimum absolute atomic E-state index is 0.0923. The van der Waals surface area contributed by atoms with E-state index >= 15 is 0 Å². The molecule has 0 unspecified atom stereocenters. The van der Waals surface area contributed by atoms with E-state index in [1.807, 2.05) is 72.8 Å². The zero-order chi connectivity index (χ0) is 19.3. The van der Waals surface area contributed by atoms with Crippen molar-refractivity contribution in [1.29, 1.82) is 0 Å². The number of benzene rings is 3. The fourth-order valence-electron chi connectivity index (χ4n) is 3.19. The van der Waals surface area contributed by atoms with Gasteiger partial charge in [-0.05, 0) is 29.8 Å². The Morgan fingerprint density at radius 3 is 2.39 bits per heavy atom. The third-order valence-corrected chi connectivity index (χ3v) is 4.54. The molecule has 0 saturated carbocycles. The average molecular weight is 372 g/mol. The van der Waals surface area contributed by atoms with E-state index in [-0.39, 0.29) is 18.2 Å². The van der Waals surface area contributed by atoms with Crippen molar-refractivity contribution in [2.24, 2.45) is 0 Å². The number of para-hydroxylation sites is 1. The number of anilines is 1. The van der Waals surface area contributed by atoms with Crippen molar-refractivity contribution in [2.45, 2.75) is 12.8 Å². The zero-order valence-corrected chi connectivity index (χ0v) is 15.3. The normalized spacial score (nSPS) is 10.9. The molecule has 0 atom stereocenters. The van der Waals surface area contributed by atoms with Crippen LogP contribution in [0.15, 0.2) is 77.2 Å². The molecule has 0 aliphatic heterocycles. The molecular weight excluding hydrogens is 352 g/mol. The number of nitrogens with one attached hydrogen (secondary N) is 2. The van der Waals surface area contributed by atoms with Crippen LogP contribution in [0.4, 0.5) is 5.69 Å². The fraction of sp³-hybridized carbons (Fsp3) is 0.130. The monoisotopic (exact) mass is 372 g/mol. The molecule has 28 heavy (non-hydrogen) atoms. The standard InChI is InChI=1S/C23H20N2O3/c26-22(12-13-24-23(27)14-16-6-2-1-3-7-16)25-17-10-11-21-19(15-17)18-8-4-5-9-20(18)28-21/h1-11,15H,12-14H2,(H,24,27)(H,25,26). The molecule has 0 radical (unpaired) electrons. The molecule has 4 aromatic rings. The van der Waals surface area contributed by atoms with Crippen molar-refractivity contribution >= 4 is 39.4 Å². The molecule has 1 heterocycles. The van der Waals surface area contributed by atoms with Gasteiger partial charge in [-0.2, -0.15) is 0 Å². The fourth-order valence-corrected chi connectivity index (χ4v) is 3.19. The number of rotatable bonds is 6. The van der Waals surface area contributed by atoms with Gasteiger partial charge in [0.2, 0.25) is 11.8 Å². The maximum atomic E-state index is 12.2. The summed E-state index contributed by atoms with van der Waals surface area (Å²) in [6, 6.07) is 22.9. The Labute approximate surface area is 162 Å². The van der Waals surface area contributed by atoms with E-state index in [4.69, 9.17) is 4.42 Å². The lowest BCUT2D eigenvalue weighted by Crippen LogP contribution is -2.28. The van der Waals surface area contributed by atoms with Gasteiger partial charge in [0.1, 0.15) is 11.2 Å². The number of hydrogen-bond acceptors (Lipinski definition) is 3. The van der Waals surface area contributed by atoms with E-state index in [1.165, 1.54) is 0 Å². The van der Waals surface area contributed by atoms with Crippen molar-refractivity contribution in [3.05, 3.63) is 78.4 Å². The molecule has 0 spiro atoms. The van der Waals surface area contributed by atoms with Crippen molar-refractivity contribution in [3.63, 3.8) is 0 Å². The van der Waals surface area contributed by atoms with E-state index in [2.05, 4.69) is 10.6 Å². The van der Waals surface area contributed by atoms with Gasteiger partial charge in [-0.15, -0.1) is 0 Å². The third-order valence-electron chi connectivity index (χ3n) is 4.54. The second kappa shape index (κ2) is 7.96. The number of fused-ring (bicyclic) bond motifs is 3. The molecule has 0 fully saturated rings. The molecule has 2 amide bonds. The Bertz CT molecular complexity index is 1130. The predicted molar refractivity (Wildman–Crippen MR) is 110 cm³/mol. The molecule has 1 aromatic heterocycles. The van der Waals surface area contributed by atoms with Crippen LogP contribution in [0.3, 0.4) is 0 Å². The van der Waals surface area contributed by atoms with E-state index < -0.39 is 0 Å². The topological polar surface area (TPSA) is 71.3 Å². The second-order valence-corrected chi connectivity index (χ2v) is 6.62. The van der Waals surface area contributed by atoms with Crippen LogP contribution in [0.5, 0.6) is 0 Å². The molecule has 5 nitrogen and oxygen atoms in total. The number of carbonyl (C=O) groups is 2. The smallest absolute Gasteiger partial charge is 0.226 e. The van der Waals surface area contributed by atoms with Crippen LogP contribution in [0.2, 0.25) is 0 Å². The van der Waals surface area contributed by atoms with Crippen LogP contribution in [-0.4, -0.2) is 18.4 Å². The Morgan fingerprint density at radius 2 is 1.54 bits per heavy atom. The summed E-state index contributed by atoms with van der Waals surface area (Å²) in [5, 5.41) is 7.64. The van der Waals surface area contributed by atoms with Gasteiger partial charge in [-0.25, -0.2) is 0 Å². The summed E-state index contributed by atoms with van der Waals surface area (Å²) in [7, 11) is 0. The lowest BCUT2D eigenvalue weighted by Gasteiger charge is -2.07. The van der Waals surface area contributed by atoms with Crippen molar-refractivity contribution in [3.8, 4) is 0 Å². The second-order valence-electron chi connectivity index (χ2n) is 6.62. The first-order valence-electron chi connectivity index (χ1n) is 9.21. The van der Waals surface area contributed by atoms with Gasteiger partial charge >= 0.3 is 0 Å². The highest BCUT2D eigenvalue weighted by Crippen LogP contribution is 2.30. The van der Waals surface area contributed by atoms with Gasteiger partial charge in [0, 0.05) is 29.4 Å². The minimum Gasteiger partial charge on any atom is -0.456 e. The van der Waals surface area contributed by atoms with Gasteiger partial charge < -0.3 is 15.1 Å². The number of amides is 2. The minimum atomic E-state index is -0.146. The summed E-state index contributed by atoms with van der Waals surface area (Å²) in [4.78, 5) is 24.1. The van der Waals surface area contributed by atoms with Gasteiger partial charge in [0.05, 0.1) is 6.42 Å². The molecule has 4 rings (SSSR count). The summed E-state index contributed by atoms with van der Waals surface area (Å²) in [6.07, 6.45) is 0.525. The Hall–Kier alpha value is -3.60. The van der Waals surface area contributed by atoms with Crippen molar-refractivity contribution in [1.82, 2.24) is 5.32 Å². The van der Waals surface area contributed by atoms with Gasteiger partial charge in [0.15, 0.2) is 0 Å². The van der Waals surface area contributed by atoms with Crippen LogP contribution in [0.1, 0.15) is 12.0 Å². The van der Waals surface area contributed by atoms with E-state index in [0.29, 0.717) is 18.7 Å². The Morgan fingerprint density at radius 1 is 0.786 bits per heavy atom. The van der Waals surface area contributed by atoms with Crippen LogP contribution in [0.25, 0.3) is 21.9 Å². The van der Waals surface area contributed by atoms with Crippen molar-refractivity contribution < 1.29 is 14.0 Å². The predicted octanol–water partition coefficient (Wildman–Crippen LogP) is 4.27. The molecule has 140 valence electrons. The first-order valence-corrected chi connectivity index (χ1v) is 9.21. The summed E-state index contributed by atoms with van der Waals surface area (Å²) in [5.41, 5.74) is 3.26. The summed E-state index contributed by atoms with van der Waals surface area (Å²) in [5.74, 6) is -0.238. The van der Waals surface area contributed by atoms with Crippen LogP contribution in [-0.2, 0) is 16.0 Å². The SMILES string of the molecule is O=C(Cc1ccccc1)NCCC(=O)Nc1ccc2oc3ccccc3c2c1. The summed E-state index contributed by atoms with van der Waals surface area (Å²) >= 11 is 0. The highest BCUT2D eigenvalue weighted by Gasteiger charge is 2.09. The lowest BCUT2D eigenvalue weighted by atomic mass is 10.1. The van der Waals surface area contributed by atoms with E-state index in [9.17, 15) is 9.59 Å². The molecule has 3 aromatic carbocycles. The van der Waals surface area contributed by atoms with Gasteiger partial charge in [0.25, 0.3) is 0 Å². The molecule has 0 bridgehead atoms. The van der Waals surface area contributed by atoms with Crippen molar-refractivity contribution in [2.75, 3.05) is 11.9 Å². The summed E-state index contributed by atoms with van der Waals surface area (Å²) in [6.45, 7) is 0.300. The average Bonchev–Trinajstić information content (AvgIpc) is 3.07. The lowest BCUT2D eigenvalue weighted by molar-refractivity contribution is -0.120. The molecule has 0 aliphatic rings. The van der Waals surface area contributed by atoms with Crippen LogP contribution < -0.4 is 10.6 Å². The molecule has 0 aliphatic carbocycles. The first kappa shape index (κ1) is 17.8. The molecular formula is C23H20N2O3. The van der Waals surface area contributed by atoms with Crippen LogP contribution in [0, 0.1) is 0 Å². The van der Waals surface area contributed by atoms with Gasteiger partial charge in [-0.3, -0.25) is 9.59 Å². The maximum Gasteiger partial charge on any atom is 0.226 e. The third kappa shape index (κ3) is 4.04. The molecule has 5 heteroatoms. The van der Waals surface area contributed by atoms with Crippen LogP contribution >= 0.6 is 0 Å². The van der Waals surface area contributed by atoms with E-state index in [1.54, 1.807) is 0 Å². The zero-order valence-electron chi connectivity index (χ0n) is 15.3. The van der Waals surface area contributed by atoms with Gasteiger partial charge in [-0.1, -0.05) is 48.5 Å². The first-order chi connectivity index (χ1) is 13.7.